The van der Waals surface area contributed by atoms with Gasteiger partial charge in [-0.05, 0) is 35.6 Å². The van der Waals surface area contributed by atoms with Crippen molar-refractivity contribution in [3.63, 3.8) is 0 Å². The van der Waals surface area contributed by atoms with Crippen LogP contribution in [-0.2, 0) is 20.2 Å². The highest BCUT2D eigenvalue weighted by atomic mass is 127. The van der Waals surface area contributed by atoms with Gasteiger partial charge in [0.25, 0.3) is 10.1 Å². The Balaban J connectivity index is 4.14. The maximum Gasteiger partial charge on any atom is 0.410 e. The van der Waals surface area contributed by atoms with Gasteiger partial charge in [-0.2, -0.15) is 16.8 Å². The summed E-state index contributed by atoms with van der Waals surface area (Å²) in [5.41, 5.74) is -0.535. The van der Waals surface area contributed by atoms with Crippen LogP contribution in [0.15, 0.2) is 15.9 Å². The number of benzene rings is 1. The van der Waals surface area contributed by atoms with E-state index >= 15 is 0 Å². The van der Waals surface area contributed by atoms with Gasteiger partial charge in [0.05, 0.1) is 0 Å². The van der Waals surface area contributed by atoms with Crippen LogP contribution in [0, 0.1) is 15.9 Å². The molecule has 0 radical (unpaired) electrons. The predicted octanol–water partition coefficient (Wildman–Crippen LogP) is 1.58. The van der Waals surface area contributed by atoms with E-state index in [0.29, 0.717) is 0 Å². The minimum atomic E-state index is -5.00. The van der Waals surface area contributed by atoms with Crippen molar-refractivity contribution in [2.24, 2.45) is 0 Å². The van der Waals surface area contributed by atoms with Crippen molar-refractivity contribution in [2.45, 2.75) is 16.7 Å². The number of hydrogen-bond acceptors (Lipinski definition) is 5. The molecule has 2 N–H and O–H groups in total. The van der Waals surface area contributed by atoms with E-state index in [1.807, 2.05) is 0 Å². The topological polar surface area (TPSA) is 137 Å². The van der Waals surface area contributed by atoms with Crippen molar-refractivity contribution in [2.75, 3.05) is 0 Å². The summed E-state index contributed by atoms with van der Waals surface area (Å²) in [6.45, 7) is 1.35. The third kappa shape index (κ3) is 2.78. The van der Waals surface area contributed by atoms with Crippen molar-refractivity contribution in [3.05, 3.63) is 20.2 Å². The minimum absolute atomic E-state index is 0.113. The molecule has 0 spiro atoms. The van der Waals surface area contributed by atoms with E-state index in [9.17, 15) is 16.8 Å². The fourth-order valence-electron chi connectivity index (χ4n) is 1.32. The van der Waals surface area contributed by atoms with Crippen LogP contribution in [-0.4, -0.2) is 25.9 Å². The molecule has 0 fully saturated rings. The largest absolute Gasteiger partial charge is 0.410 e. The Morgan fingerprint density at radius 1 is 1.17 bits per heavy atom. The number of halogens is 1. The van der Waals surface area contributed by atoms with Crippen LogP contribution in [0.2, 0.25) is 0 Å². The van der Waals surface area contributed by atoms with Gasteiger partial charge in [0, 0.05) is 9.13 Å². The zero-order valence-electron chi connectivity index (χ0n) is 8.69. The number of hydrogen-bond donors (Lipinski definition) is 2. The molecular weight excluding hydrogens is 399 g/mol. The van der Waals surface area contributed by atoms with Gasteiger partial charge in [0.15, 0.2) is 4.98 Å². The molecule has 0 aliphatic carbocycles. The second-order valence-electron chi connectivity index (χ2n) is 3.23. The molecule has 0 heterocycles. The van der Waals surface area contributed by atoms with E-state index in [-0.39, 0.29) is 9.13 Å². The second-order valence-corrected chi connectivity index (χ2v) is 7.11. The third-order valence-corrected chi connectivity index (χ3v) is 5.17. The van der Waals surface area contributed by atoms with Gasteiger partial charge >= 0.3 is 15.8 Å². The van der Waals surface area contributed by atoms with Gasteiger partial charge < -0.3 is 0 Å². The molecule has 0 aliphatic heterocycles. The fraction of sp³-hybridized carbons (Fsp3) is 0.143. The van der Waals surface area contributed by atoms with Gasteiger partial charge in [0.1, 0.15) is 4.90 Å². The quantitative estimate of drug-likeness (QED) is 0.433. The molecule has 0 aromatic heterocycles. The Morgan fingerprint density at radius 3 is 1.94 bits per heavy atom. The monoisotopic (exact) mass is 405 g/mol. The molecule has 0 bridgehead atoms. The normalized spacial score (nSPS) is 12.2. The summed E-state index contributed by atoms with van der Waals surface area (Å²) in [7, 11) is -9.92. The van der Waals surface area contributed by atoms with Crippen molar-refractivity contribution >= 4 is 48.5 Å². The van der Waals surface area contributed by atoms with E-state index in [0.717, 1.165) is 0 Å². The SMILES string of the molecule is Cc1cc(I)c(S(=O)(=O)O)c(S(=O)(=O)O)c1[N+]#N. The standard InChI is InChI=1S/C7H5IN2O6S2/c1-3-2-4(8)6(17(11,12)13)7(5(3)10-9)18(14,15)16/h2H,1H3,(H-,11,12,13,14,15,16)/p+1. The van der Waals surface area contributed by atoms with Gasteiger partial charge in [-0.3, -0.25) is 9.11 Å². The Morgan fingerprint density at radius 2 is 1.61 bits per heavy atom. The molecule has 0 amide bonds. The van der Waals surface area contributed by atoms with E-state index in [1.165, 1.54) is 35.6 Å². The van der Waals surface area contributed by atoms with E-state index in [2.05, 4.69) is 4.98 Å². The summed E-state index contributed by atoms with van der Waals surface area (Å²) in [5, 5.41) is 8.71. The zero-order valence-corrected chi connectivity index (χ0v) is 12.5. The minimum Gasteiger partial charge on any atom is -0.282 e. The smallest absolute Gasteiger partial charge is 0.282 e. The molecule has 0 saturated heterocycles. The average Bonchev–Trinajstić information content (AvgIpc) is 2.12. The number of nitrogens with zero attached hydrogens (tertiary/aromatic N) is 2. The first-order valence-electron chi connectivity index (χ1n) is 4.13. The highest BCUT2D eigenvalue weighted by Gasteiger charge is 2.37. The molecule has 11 heteroatoms. The first-order chi connectivity index (χ1) is 8.00. The highest BCUT2D eigenvalue weighted by Crippen LogP contribution is 2.37. The van der Waals surface area contributed by atoms with Gasteiger partial charge in [0.2, 0.25) is 10.3 Å². The summed E-state index contributed by atoms with van der Waals surface area (Å²) in [6.07, 6.45) is 0. The molecule has 0 unspecified atom stereocenters. The zero-order chi connectivity index (χ0) is 14.3. The van der Waals surface area contributed by atoms with Crippen molar-refractivity contribution in [3.8, 4) is 0 Å². The Hall–Kier alpha value is -0.810. The molecule has 18 heavy (non-hydrogen) atoms. The van der Waals surface area contributed by atoms with Crippen LogP contribution in [0.25, 0.3) is 4.98 Å². The van der Waals surface area contributed by atoms with Crippen LogP contribution >= 0.6 is 22.6 Å². The summed E-state index contributed by atoms with van der Waals surface area (Å²) in [5.74, 6) is 0. The lowest BCUT2D eigenvalue weighted by Gasteiger charge is -2.05. The molecule has 1 aromatic carbocycles. The van der Waals surface area contributed by atoms with Crippen LogP contribution in [0.1, 0.15) is 5.56 Å². The van der Waals surface area contributed by atoms with Crippen molar-refractivity contribution in [1.29, 1.82) is 5.39 Å². The van der Waals surface area contributed by atoms with Gasteiger partial charge in [-0.1, -0.05) is 0 Å². The van der Waals surface area contributed by atoms with Crippen LogP contribution in [0.3, 0.4) is 0 Å². The summed E-state index contributed by atoms with van der Waals surface area (Å²) < 4.78 is 62.6. The molecule has 0 saturated carbocycles. The fourth-order valence-corrected chi connectivity index (χ4v) is 5.14. The lowest BCUT2D eigenvalue weighted by atomic mass is 10.2. The van der Waals surface area contributed by atoms with Crippen LogP contribution in [0.4, 0.5) is 5.69 Å². The lowest BCUT2D eigenvalue weighted by Crippen LogP contribution is -2.11. The molecule has 1 rings (SSSR count). The summed E-state index contributed by atoms with van der Waals surface area (Å²) in [4.78, 5) is 0.454. The van der Waals surface area contributed by atoms with Crippen LogP contribution < -0.4 is 0 Å². The summed E-state index contributed by atoms with van der Waals surface area (Å²) >= 11 is 1.47. The molecule has 98 valence electrons. The lowest BCUT2D eigenvalue weighted by molar-refractivity contribution is 0.466. The first kappa shape index (κ1) is 15.2. The highest BCUT2D eigenvalue weighted by molar-refractivity contribution is 14.1. The van der Waals surface area contributed by atoms with E-state index < -0.39 is 35.7 Å². The predicted molar refractivity (Wildman–Crippen MR) is 68.3 cm³/mol. The average molecular weight is 405 g/mol. The van der Waals surface area contributed by atoms with Gasteiger partial charge in [-0.25, -0.2) is 0 Å². The van der Waals surface area contributed by atoms with E-state index in [4.69, 9.17) is 14.5 Å². The number of rotatable bonds is 2. The molecule has 1 aromatic rings. The van der Waals surface area contributed by atoms with Crippen molar-refractivity contribution < 1.29 is 25.9 Å². The van der Waals surface area contributed by atoms with Crippen molar-refractivity contribution in [1.82, 2.24) is 0 Å². The Labute approximate surface area is 116 Å². The maximum atomic E-state index is 11.2. The first-order valence-corrected chi connectivity index (χ1v) is 8.09. The number of aryl methyl sites for hydroxylation is 1. The third-order valence-electron chi connectivity index (χ3n) is 1.97. The molecular formula is C7H6IN2O6S2+. The Kier molecular flexibility index (Phi) is 3.98. The van der Waals surface area contributed by atoms with E-state index in [1.54, 1.807) is 0 Å². The van der Waals surface area contributed by atoms with Gasteiger partial charge in [-0.15, -0.1) is 0 Å². The second kappa shape index (κ2) is 4.70. The Bertz CT molecular complexity index is 762. The van der Waals surface area contributed by atoms with Crippen LogP contribution in [0.5, 0.6) is 0 Å². The molecule has 0 aliphatic rings. The molecule has 0 atom stereocenters. The molecule has 8 nitrogen and oxygen atoms in total. The number of diazo groups is 1. The summed E-state index contributed by atoms with van der Waals surface area (Å²) in [6, 6.07) is 1.19. The maximum absolute atomic E-state index is 11.2.